The third-order valence-electron chi connectivity index (χ3n) is 5.12. The molecule has 0 unspecified atom stereocenters. The number of rotatable bonds is 9. The molecule has 0 spiro atoms. The Hall–Kier alpha value is -2.57. The minimum atomic E-state index is -0.635. The van der Waals surface area contributed by atoms with Crippen molar-refractivity contribution in [1.82, 2.24) is 10.2 Å². The SMILES string of the molecule is CC(C)(C)NC(=O)[C@@H](Cc1ccccc1)N(Cc1cccc(Br)c1)C(=O)CSc1ccccc1. The van der Waals surface area contributed by atoms with Crippen molar-refractivity contribution >= 4 is 39.5 Å². The average molecular weight is 540 g/mol. The Balaban J connectivity index is 1.92. The van der Waals surface area contributed by atoms with Gasteiger partial charge >= 0.3 is 0 Å². The first-order chi connectivity index (χ1) is 16.2. The van der Waals surface area contributed by atoms with Crippen LogP contribution in [0.25, 0.3) is 0 Å². The summed E-state index contributed by atoms with van der Waals surface area (Å²) in [6.07, 6.45) is 0.443. The molecule has 0 radical (unpaired) electrons. The predicted octanol–water partition coefficient (Wildman–Crippen LogP) is 6.10. The van der Waals surface area contributed by atoms with Crippen molar-refractivity contribution in [3.8, 4) is 0 Å². The van der Waals surface area contributed by atoms with Crippen LogP contribution in [0.15, 0.2) is 94.3 Å². The summed E-state index contributed by atoms with van der Waals surface area (Å²) in [5.74, 6) is 0.0368. The molecule has 3 aromatic carbocycles. The molecule has 0 bridgehead atoms. The quantitative estimate of drug-likeness (QED) is 0.335. The molecule has 3 aromatic rings. The Morgan fingerprint density at radius 2 is 1.53 bits per heavy atom. The second-order valence-corrected chi connectivity index (χ2v) is 11.2. The lowest BCUT2D eigenvalue weighted by molar-refractivity contribution is -0.140. The van der Waals surface area contributed by atoms with Crippen LogP contribution < -0.4 is 5.32 Å². The van der Waals surface area contributed by atoms with Crippen LogP contribution in [-0.4, -0.2) is 34.0 Å². The van der Waals surface area contributed by atoms with E-state index in [0.29, 0.717) is 13.0 Å². The molecule has 0 heterocycles. The maximum absolute atomic E-state index is 13.6. The lowest BCUT2D eigenvalue weighted by Gasteiger charge is -2.34. The van der Waals surface area contributed by atoms with Gasteiger partial charge in [0.1, 0.15) is 6.04 Å². The fourth-order valence-corrected chi connectivity index (χ4v) is 4.84. The van der Waals surface area contributed by atoms with Crippen molar-refractivity contribution in [1.29, 1.82) is 0 Å². The highest BCUT2D eigenvalue weighted by molar-refractivity contribution is 9.10. The second-order valence-electron chi connectivity index (χ2n) is 9.20. The molecule has 3 rings (SSSR count). The van der Waals surface area contributed by atoms with Crippen LogP contribution in [0.4, 0.5) is 0 Å². The highest BCUT2D eigenvalue weighted by atomic mass is 79.9. The maximum atomic E-state index is 13.6. The number of thioether (sulfide) groups is 1. The monoisotopic (exact) mass is 538 g/mol. The number of carbonyl (C=O) groups excluding carboxylic acids is 2. The summed E-state index contributed by atoms with van der Waals surface area (Å²) >= 11 is 5.01. The largest absolute Gasteiger partial charge is 0.350 e. The van der Waals surface area contributed by atoms with Crippen molar-refractivity contribution in [3.63, 3.8) is 0 Å². The fraction of sp³-hybridized carbons (Fsp3) is 0.286. The minimum absolute atomic E-state index is 0.0705. The maximum Gasteiger partial charge on any atom is 0.243 e. The molecule has 178 valence electrons. The lowest BCUT2D eigenvalue weighted by Crippen LogP contribution is -2.54. The van der Waals surface area contributed by atoms with Gasteiger partial charge in [-0.1, -0.05) is 76.6 Å². The zero-order valence-corrected chi connectivity index (χ0v) is 22.2. The second kappa shape index (κ2) is 12.2. The van der Waals surface area contributed by atoms with Gasteiger partial charge in [0.15, 0.2) is 0 Å². The van der Waals surface area contributed by atoms with E-state index >= 15 is 0 Å². The van der Waals surface area contributed by atoms with Crippen molar-refractivity contribution in [2.75, 3.05) is 5.75 Å². The van der Waals surface area contributed by atoms with Crippen molar-refractivity contribution in [2.24, 2.45) is 0 Å². The molecule has 0 aliphatic heterocycles. The number of benzene rings is 3. The molecule has 0 aliphatic rings. The first kappa shape index (κ1) is 26.0. The molecule has 2 amide bonds. The third kappa shape index (κ3) is 8.33. The van der Waals surface area contributed by atoms with Crippen LogP contribution in [0.5, 0.6) is 0 Å². The average Bonchev–Trinajstić information content (AvgIpc) is 2.80. The molecule has 4 nitrogen and oxygen atoms in total. The summed E-state index contributed by atoms with van der Waals surface area (Å²) < 4.78 is 0.940. The van der Waals surface area contributed by atoms with E-state index in [0.717, 1.165) is 20.5 Å². The smallest absolute Gasteiger partial charge is 0.243 e. The zero-order chi connectivity index (χ0) is 24.6. The van der Waals surface area contributed by atoms with Crippen LogP contribution in [0.1, 0.15) is 31.9 Å². The van der Waals surface area contributed by atoms with E-state index in [4.69, 9.17) is 0 Å². The molecule has 0 fully saturated rings. The topological polar surface area (TPSA) is 49.4 Å². The Bertz CT molecular complexity index is 1080. The van der Waals surface area contributed by atoms with Crippen molar-refractivity contribution < 1.29 is 9.59 Å². The summed E-state index contributed by atoms with van der Waals surface area (Å²) in [4.78, 5) is 29.9. The van der Waals surface area contributed by atoms with Gasteiger partial charge in [-0.05, 0) is 56.2 Å². The first-order valence-electron chi connectivity index (χ1n) is 11.3. The van der Waals surface area contributed by atoms with Gasteiger partial charge in [0.05, 0.1) is 5.75 Å². The van der Waals surface area contributed by atoms with Gasteiger partial charge in [-0.15, -0.1) is 11.8 Å². The van der Waals surface area contributed by atoms with E-state index in [1.54, 1.807) is 4.90 Å². The Labute approximate surface area is 215 Å². The minimum Gasteiger partial charge on any atom is -0.350 e. The van der Waals surface area contributed by atoms with Crippen molar-refractivity contribution in [2.45, 2.75) is 50.2 Å². The molecule has 0 saturated heterocycles. The Morgan fingerprint density at radius 3 is 2.15 bits per heavy atom. The summed E-state index contributed by atoms with van der Waals surface area (Å²) in [7, 11) is 0. The van der Waals surface area contributed by atoms with Crippen molar-refractivity contribution in [3.05, 3.63) is 101 Å². The molecular weight excluding hydrogens is 508 g/mol. The van der Waals surface area contributed by atoms with Gasteiger partial charge in [-0.2, -0.15) is 0 Å². The zero-order valence-electron chi connectivity index (χ0n) is 19.8. The number of nitrogens with zero attached hydrogens (tertiary/aromatic N) is 1. The van der Waals surface area contributed by atoms with Crippen LogP contribution >= 0.6 is 27.7 Å². The number of halogens is 1. The fourth-order valence-electron chi connectivity index (χ4n) is 3.58. The molecule has 0 aliphatic carbocycles. The van der Waals surface area contributed by atoms with Gasteiger partial charge < -0.3 is 10.2 Å². The summed E-state index contributed by atoms with van der Waals surface area (Å²) in [6.45, 7) is 6.21. The highest BCUT2D eigenvalue weighted by Crippen LogP contribution is 2.22. The number of carbonyl (C=O) groups is 2. The van der Waals surface area contributed by atoms with E-state index in [1.165, 1.54) is 11.8 Å². The molecule has 6 heteroatoms. The first-order valence-corrected chi connectivity index (χ1v) is 13.1. The molecular formula is C28H31BrN2O2S. The van der Waals surface area contributed by atoms with Crippen LogP contribution in [0, 0.1) is 0 Å². The summed E-state index contributed by atoms with van der Waals surface area (Å²) in [6, 6.07) is 27.0. The van der Waals surface area contributed by atoms with Crippen LogP contribution in [0.2, 0.25) is 0 Å². The molecule has 0 saturated carbocycles. The number of nitrogens with one attached hydrogen (secondary N) is 1. The van der Waals surface area contributed by atoms with E-state index in [-0.39, 0.29) is 17.6 Å². The van der Waals surface area contributed by atoms with Gasteiger partial charge in [0.2, 0.25) is 11.8 Å². The normalized spacial score (nSPS) is 12.1. The molecule has 0 aromatic heterocycles. The van der Waals surface area contributed by atoms with Crippen LogP contribution in [0.3, 0.4) is 0 Å². The number of hydrogen-bond acceptors (Lipinski definition) is 3. The van der Waals surface area contributed by atoms with Gasteiger partial charge in [-0.25, -0.2) is 0 Å². The van der Waals surface area contributed by atoms with E-state index in [9.17, 15) is 9.59 Å². The number of hydrogen-bond donors (Lipinski definition) is 1. The van der Waals surface area contributed by atoms with E-state index in [1.807, 2.05) is 106 Å². The molecule has 1 atom stereocenters. The summed E-state index contributed by atoms with van der Waals surface area (Å²) in [5.41, 5.74) is 1.57. The van der Waals surface area contributed by atoms with Gasteiger partial charge in [0.25, 0.3) is 0 Å². The summed E-state index contributed by atoms with van der Waals surface area (Å²) in [5, 5.41) is 3.10. The number of amides is 2. The molecule has 34 heavy (non-hydrogen) atoms. The van der Waals surface area contributed by atoms with Gasteiger partial charge in [0, 0.05) is 27.9 Å². The van der Waals surface area contributed by atoms with E-state index < -0.39 is 11.6 Å². The lowest BCUT2D eigenvalue weighted by atomic mass is 10.0. The molecule has 1 N–H and O–H groups in total. The predicted molar refractivity (Wildman–Crippen MR) is 144 cm³/mol. The Morgan fingerprint density at radius 1 is 0.912 bits per heavy atom. The van der Waals surface area contributed by atoms with Crippen LogP contribution in [-0.2, 0) is 22.6 Å². The third-order valence-corrected chi connectivity index (χ3v) is 6.61. The van der Waals surface area contributed by atoms with E-state index in [2.05, 4.69) is 21.2 Å². The standard InChI is InChI=1S/C28H31BrN2O2S/c1-28(2,3)30-27(33)25(18-21-11-6-4-7-12-21)31(19-22-13-10-14-23(29)17-22)26(32)20-34-24-15-8-5-9-16-24/h4-17,25H,18-20H2,1-3H3,(H,30,33)/t25-/m1/s1. The Kier molecular flexibility index (Phi) is 9.36. The highest BCUT2D eigenvalue weighted by Gasteiger charge is 2.32. The van der Waals surface area contributed by atoms with Gasteiger partial charge in [-0.3, -0.25) is 9.59 Å².